The van der Waals surface area contributed by atoms with Crippen LogP contribution in [-0.2, 0) is 9.53 Å². The molecule has 136 valence electrons. The number of halogens is 1. The fourth-order valence-electron chi connectivity index (χ4n) is 4.02. The molecule has 0 unspecified atom stereocenters. The van der Waals surface area contributed by atoms with E-state index < -0.39 is 5.92 Å². The second-order valence-corrected chi connectivity index (χ2v) is 7.42. The summed E-state index contributed by atoms with van der Waals surface area (Å²) in [5.41, 5.74) is 10.2. The summed E-state index contributed by atoms with van der Waals surface area (Å²) in [6, 6.07) is 8.09. The van der Waals surface area contributed by atoms with Crippen molar-refractivity contribution in [2.24, 2.45) is 5.73 Å². The van der Waals surface area contributed by atoms with E-state index >= 15 is 0 Å². The zero-order valence-electron chi connectivity index (χ0n) is 15.1. The van der Waals surface area contributed by atoms with Gasteiger partial charge >= 0.3 is 0 Å². The average Bonchev–Trinajstić information content (AvgIpc) is 2.61. The number of aromatic nitrogens is 1. The minimum absolute atomic E-state index is 0.0295. The molecule has 0 fully saturated rings. The lowest BCUT2D eigenvalue weighted by molar-refractivity contribution is -0.116. The number of fused-ring (bicyclic) bond motifs is 1. The highest BCUT2D eigenvalue weighted by atomic mass is 35.5. The van der Waals surface area contributed by atoms with Gasteiger partial charge in [-0.2, -0.15) is 5.26 Å². The molecule has 0 saturated heterocycles. The van der Waals surface area contributed by atoms with E-state index in [2.05, 4.69) is 11.1 Å². The Bertz CT molecular complexity index is 1110. The SMILES string of the molecule is Cc1cc(C)c2nc(Cl)c([C@H]3C(C#N)=C(N)OC4=C3C(=O)CCC4)cc2c1. The number of hydrogen-bond acceptors (Lipinski definition) is 5. The summed E-state index contributed by atoms with van der Waals surface area (Å²) in [6.07, 6.45) is 1.75. The van der Waals surface area contributed by atoms with Gasteiger partial charge in [0.2, 0.25) is 5.88 Å². The van der Waals surface area contributed by atoms with Crippen molar-refractivity contribution in [1.82, 2.24) is 4.98 Å². The zero-order chi connectivity index (χ0) is 19.3. The molecule has 27 heavy (non-hydrogen) atoms. The second-order valence-electron chi connectivity index (χ2n) is 7.06. The smallest absolute Gasteiger partial charge is 0.205 e. The molecule has 1 aromatic heterocycles. The maximum absolute atomic E-state index is 12.7. The number of rotatable bonds is 1. The average molecular weight is 380 g/mol. The number of benzene rings is 1. The van der Waals surface area contributed by atoms with E-state index in [-0.39, 0.29) is 22.4 Å². The van der Waals surface area contributed by atoms with E-state index in [1.165, 1.54) is 0 Å². The first-order valence-corrected chi connectivity index (χ1v) is 9.19. The van der Waals surface area contributed by atoms with Crippen molar-refractivity contribution >= 4 is 28.3 Å². The Morgan fingerprint density at radius 1 is 1.30 bits per heavy atom. The number of nitrogens with two attached hydrogens (primary N) is 1. The summed E-state index contributed by atoms with van der Waals surface area (Å²) < 4.78 is 5.61. The molecule has 2 heterocycles. The Kier molecular flexibility index (Phi) is 4.16. The van der Waals surface area contributed by atoms with Crippen LogP contribution in [0.25, 0.3) is 10.9 Å². The van der Waals surface area contributed by atoms with E-state index in [0.717, 1.165) is 22.0 Å². The maximum Gasteiger partial charge on any atom is 0.205 e. The van der Waals surface area contributed by atoms with Gasteiger partial charge in [0.05, 0.1) is 11.4 Å². The molecule has 0 amide bonds. The van der Waals surface area contributed by atoms with Crippen LogP contribution in [0.5, 0.6) is 0 Å². The van der Waals surface area contributed by atoms with Gasteiger partial charge in [0.25, 0.3) is 0 Å². The van der Waals surface area contributed by atoms with Crippen molar-refractivity contribution < 1.29 is 9.53 Å². The lowest BCUT2D eigenvalue weighted by Crippen LogP contribution is -2.27. The predicted molar refractivity (Wildman–Crippen MR) is 103 cm³/mol. The number of Topliss-reactive ketones (excluding diaryl/α,β-unsaturated/α-hetero) is 1. The third-order valence-electron chi connectivity index (χ3n) is 5.15. The molecule has 2 aromatic rings. The zero-order valence-corrected chi connectivity index (χ0v) is 15.9. The third kappa shape index (κ3) is 2.77. The summed E-state index contributed by atoms with van der Waals surface area (Å²) in [4.78, 5) is 17.3. The molecule has 5 nitrogen and oxygen atoms in total. The standard InChI is InChI=1S/C21H18ClN3O2/c1-10-6-11(2)19-12(7-10)8-13(20(22)25-19)17-14(9-23)21(24)27-16-5-3-4-15(26)18(16)17/h6-8,17H,3-5,24H2,1-2H3/t17-/m0/s1. The third-order valence-corrected chi connectivity index (χ3v) is 5.45. The molecular weight excluding hydrogens is 362 g/mol. The number of hydrogen-bond donors (Lipinski definition) is 1. The van der Waals surface area contributed by atoms with E-state index in [9.17, 15) is 10.1 Å². The van der Waals surface area contributed by atoms with Crippen molar-refractivity contribution in [2.45, 2.75) is 39.0 Å². The quantitative estimate of drug-likeness (QED) is 0.745. The van der Waals surface area contributed by atoms with Gasteiger partial charge in [0.1, 0.15) is 22.6 Å². The van der Waals surface area contributed by atoms with Gasteiger partial charge in [-0.15, -0.1) is 0 Å². The molecule has 1 aliphatic heterocycles. The molecule has 4 rings (SSSR count). The molecule has 1 atom stereocenters. The van der Waals surface area contributed by atoms with Crippen LogP contribution in [0.4, 0.5) is 0 Å². The monoisotopic (exact) mass is 379 g/mol. The Balaban J connectivity index is 2.00. The first-order chi connectivity index (χ1) is 12.9. The number of nitrogens with zero attached hydrogens (tertiary/aromatic N) is 2. The first-order valence-electron chi connectivity index (χ1n) is 8.82. The Morgan fingerprint density at radius 3 is 2.81 bits per heavy atom. The molecule has 1 aromatic carbocycles. The predicted octanol–water partition coefficient (Wildman–Crippen LogP) is 4.32. The van der Waals surface area contributed by atoms with Crippen molar-refractivity contribution in [3.8, 4) is 6.07 Å². The molecule has 2 N–H and O–H groups in total. The van der Waals surface area contributed by atoms with Gasteiger partial charge in [-0.1, -0.05) is 23.2 Å². The summed E-state index contributed by atoms with van der Waals surface area (Å²) in [5, 5.41) is 10.9. The number of carbonyl (C=O) groups excluding carboxylic acids is 1. The van der Waals surface area contributed by atoms with Crippen LogP contribution >= 0.6 is 11.6 Å². The highest BCUT2D eigenvalue weighted by Crippen LogP contribution is 2.45. The van der Waals surface area contributed by atoms with Crippen LogP contribution in [0, 0.1) is 25.2 Å². The number of aryl methyl sites for hydroxylation is 2. The maximum atomic E-state index is 12.7. The van der Waals surface area contributed by atoms with Gasteiger partial charge in [0, 0.05) is 29.4 Å². The minimum atomic E-state index is -0.642. The van der Waals surface area contributed by atoms with Crippen LogP contribution < -0.4 is 5.73 Å². The van der Waals surface area contributed by atoms with Gasteiger partial charge in [-0.3, -0.25) is 4.79 Å². The summed E-state index contributed by atoms with van der Waals surface area (Å²) in [6.45, 7) is 4.00. The molecular formula is C21H18ClN3O2. The Labute approximate surface area is 162 Å². The topological polar surface area (TPSA) is 89.0 Å². The van der Waals surface area contributed by atoms with Crippen molar-refractivity contribution in [1.29, 1.82) is 5.26 Å². The number of carbonyl (C=O) groups is 1. The van der Waals surface area contributed by atoms with Gasteiger partial charge in [-0.05, 0) is 38.0 Å². The summed E-state index contributed by atoms with van der Waals surface area (Å²) in [7, 11) is 0. The minimum Gasteiger partial charge on any atom is -0.444 e. The normalized spacial score (nSPS) is 19.8. The Hall–Kier alpha value is -2.84. The van der Waals surface area contributed by atoms with E-state index in [4.69, 9.17) is 22.1 Å². The lowest BCUT2D eigenvalue weighted by atomic mass is 9.78. The molecule has 6 heteroatoms. The number of ketones is 1. The van der Waals surface area contributed by atoms with Crippen LogP contribution in [0.2, 0.25) is 5.15 Å². The fraction of sp³-hybridized carbons (Fsp3) is 0.286. The van der Waals surface area contributed by atoms with Crippen LogP contribution in [-0.4, -0.2) is 10.8 Å². The highest BCUT2D eigenvalue weighted by molar-refractivity contribution is 6.31. The molecule has 2 aliphatic rings. The van der Waals surface area contributed by atoms with Crippen LogP contribution in [0.15, 0.2) is 41.0 Å². The largest absolute Gasteiger partial charge is 0.444 e. The molecule has 0 spiro atoms. The van der Waals surface area contributed by atoms with E-state index in [1.54, 1.807) is 0 Å². The van der Waals surface area contributed by atoms with Crippen molar-refractivity contribution in [3.63, 3.8) is 0 Å². The number of allylic oxidation sites excluding steroid dienone is 3. The second kappa shape index (κ2) is 6.40. The lowest BCUT2D eigenvalue weighted by Gasteiger charge is -2.31. The molecule has 0 saturated carbocycles. The summed E-state index contributed by atoms with van der Waals surface area (Å²) in [5.74, 6) is -0.0910. The van der Waals surface area contributed by atoms with E-state index in [1.807, 2.05) is 32.0 Å². The first kappa shape index (κ1) is 17.6. The van der Waals surface area contributed by atoms with E-state index in [0.29, 0.717) is 36.2 Å². The molecule has 1 aliphatic carbocycles. The van der Waals surface area contributed by atoms with Gasteiger partial charge < -0.3 is 10.5 Å². The highest BCUT2D eigenvalue weighted by Gasteiger charge is 2.39. The number of pyridine rings is 1. The van der Waals surface area contributed by atoms with Crippen molar-refractivity contribution in [3.05, 3.63) is 62.8 Å². The van der Waals surface area contributed by atoms with Gasteiger partial charge in [0.15, 0.2) is 5.78 Å². The Morgan fingerprint density at radius 2 is 2.07 bits per heavy atom. The van der Waals surface area contributed by atoms with Gasteiger partial charge in [-0.25, -0.2) is 4.98 Å². The number of nitriles is 1. The van der Waals surface area contributed by atoms with Crippen LogP contribution in [0.3, 0.4) is 0 Å². The number of ether oxygens (including phenoxy) is 1. The fourth-order valence-corrected chi connectivity index (χ4v) is 4.26. The van der Waals surface area contributed by atoms with Crippen LogP contribution in [0.1, 0.15) is 41.9 Å². The van der Waals surface area contributed by atoms with Crippen molar-refractivity contribution in [2.75, 3.05) is 0 Å². The molecule has 0 radical (unpaired) electrons. The summed E-state index contributed by atoms with van der Waals surface area (Å²) >= 11 is 6.54. The molecule has 0 bridgehead atoms.